The molecule has 2 aromatic heterocycles. The molecule has 0 spiro atoms. The molecule has 1 aliphatic rings. The summed E-state index contributed by atoms with van der Waals surface area (Å²) >= 11 is 11.8. The molecule has 3 heterocycles. The highest BCUT2D eigenvalue weighted by Gasteiger charge is 2.20. The third kappa shape index (κ3) is 2.12. The SMILES string of the molecule is Clc1cc2[nH]c(C3CCCCO3)nc2nc1Cl. The number of halogens is 2. The van der Waals surface area contributed by atoms with Crippen molar-refractivity contribution in [2.45, 2.75) is 25.4 Å². The second-order valence-corrected chi connectivity index (χ2v) is 4.87. The first-order valence-electron chi connectivity index (χ1n) is 5.57. The van der Waals surface area contributed by atoms with Crippen molar-refractivity contribution < 1.29 is 4.74 Å². The fourth-order valence-electron chi connectivity index (χ4n) is 2.02. The van der Waals surface area contributed by atoms with E-state index in [2.05, 4.69) is 15.0 Å². The molecule has 90 valence electrons. The molecule has 0 aliphatic carbocycles. The van der Waals surface area contributed by atoms with E-state index in [1.165, 1.54) is 0 Å². The number of pyridine rings is 1. The molecule has 1 fully saturated rings. The van der Waals surface area contributed by atoms with E-state index in [4.69, 9.17) is 27.9 Å². The summed E-state index contributed by atoms with van der Waals surface area (Å²) in [7, 11) is 0. The molecule has 1 unspecified atom stereocenters. The molecular weight excluding hydrogens is 261 g/mol. The van der Waals surface area contributed by atoms with Gasteiger partial charge in [-0.2, -0.15) is 0 Å². The summed E-state index contributed by atoms with van der Waals surface area (Å²) in [6.45, 7) is 0.788. The summed E-state index contributed by atoms with van der Waals surface area (Å²) in [5.41, 5.74) is 1.38. The summed E-state index contributed by atoms with van der Waals surface area (Å²) in [4.78, 5) is 11.7. The Morgan fingerprint density at radius 3 is 2.94 bits per heavy atom. The molecule has 4 nitrogen and oxygen atoms in total. The fourth-order valence-corrected chi connectivity index (χ4v) is 2.31. The first kappa shape index (κ1) is 11.3. The minimum atomic E-state index is 0.0375. The van der Waals surface area contributed by atoms with E-state index in [0.717, 1.165) is 37.2 Å². The molecule has 1 N–H and O–H groups in total. The number of ether oxygens (including phenoxy) is 1. The number of aromatic nitrogens is 3. The van der Waals surface area contributed by atoms with Crippen molar-refractivity contribution in [3.8, 4) is 0 Å². The van der Waals surface area contributed by atoms with Gasteiger partial charge in [-0.3, -0.25) is 0 Å². The summed E-state index contributed by atoms with van der Waals surface area (Å²) in [5.74, 6) is 0.811. The van der Waals surface area contributed by atoms with Crippen LogP contribution in [0, 0.1) is 0 Å². The van der Waals surface area contributed by atoms with E-state index in [9.17, 15) is 0 Å². The summed E-state index contributed by atoms with van der Waals surface area (Å²) in [6.07, 6.45) is 3.31. The van der Waals surface area contributed by atoms with Gasteiger partial charge >= 0.3 is 0 Å². The number of H-pyrrole nitrogens is 1. The Labute approximate surface area is 108 Å². The average molecular weight is 272 g/mol. The van der Waals surface area contributed by atoms with Crippen LogP contribution in [0.1, 0.15) is 31.2 Å². The van der Waals surface area contributed by atoms with Crippen molar-refractivity contribution >= 4 is 34.4 Å². The van der Waals surface area contributed by atoms with E-state index in [-0.39, 0.29) is 11.3 Å². The monoisotopic (exact) mass is 271 g/mol. The molecule has 6 heteroatoms. The molecule has 3 rings (SSSR count). The second-order valence-electron chi connectivity index (χ2n) is 4.11. The topological polar surface area (TPSA) is 50.8 Å². The Morgan fingerprint density at radius 2 is 2.18 bits per heavy atom. The maximum atomic E-state index is 5.91. The molecule has 17 heavy (non-hydrogen) atoms. The van der Waals surface area contributed by atoms with Crippen molar-refractivity contribution in [2.75, 3.05) is 6.61 Å². The van der Waals surface area contributed by atoms with Crippen LogP contribution in [-0.2, 0) is 4.74 Å². The first-order valence-corrected chi connectivity index (χ1v) is 6.33. The Bertz CT molecular complexity index is 510. The highest BCUT2D eigenvalue weighted by atomic mass is 35.5. The van der Waals surface area contributed by atoms with Gasteiger partial charge in [0.05, 0.1) is 10.5 Å². The van der Waals surface area contributed by atoms with Crippen LogP contribution in [0.15, 0.2) is 6.07 Å². The van der Waals surface area contributed by atoms with Gasteiger partial charge in [0.15, 0.2) is 5.65 Å². The van der Waals surface area contributed by atoms with Crippen molar-refractivity contribution in [1.29, 1.82) is 0 Å². The quantitative estimate of drug-likeness (QED) is 0.808. The Hall–Kier alpha value is -0.840. The van der Waals surface area contributed by atoms with E-state index < -0.39 is 0 Å². The largest absolute Gasteiger partial charge is 0.370 e. The van der Waals surface area contributed by atoms with Crippen LogP contribution >= 0.6 is 23.2 Å². The predicted octanol–water partition coefficient (Wildman–Crippen LogP) is 3.51. The van der Waals surface area contributed by atoms with Gasteiger partial charge in [0.2, 0.25) is 0 Å². The molecular formula is C11H11Cl2N3O. The first-order chi connectivity index (χ1) is 8.24. The maximum absolute atomic E-state index is 5.91. The van der Waals surface area contributed by atoms with E-state index in [0.29, 0.717) is 10.7 Å². The van der Waals surface area contributed by atoms with Crippen molar-refractivity contribution in [3.05, 3.63) is 22.1 Å². The lowest BCUT2D eigenvalue weighted by atomic mass is 10.1. The number of fused-ring (bicyclic) bond motifs is 1. The molecule has 0 amide bonds. The van der Waals surface area contributed by atoms with Crippen LogP contribution in [0.4, 0.5) is 0 Å². The highest BCUT2D eigenvalue weighted by Crippen LogP contribution is 2.29. The highest BCUT2D eigenvalue weighted by molar-refractivity contribution is 6.41. The Kier molecular flexibility index (Phi) is 2.94. The van der Waals surface area contributed by atoms with Crippen molar-refractivity contribution in [1.82, 2.24) is 15.0 Å². The summed E-state index contributed by atoms with van der Waals surface area (Å²) < 4.78 is 5.67. The van der Waals surface area contributed by atoms with E-state index in [1.54, 1.807) is 6.07 Å². The van der Waals surface area contributed by atoms with Gasteiger partial charge in [-0.05, 0) is 25.3 Å². The zero-order chi connectivity index (χ0) is 11.8. The smallest absolute Gasteiger partial charge is 0.179 e. The molecule has 0 bridgehead atoms. The number of imidazole rings is 1. The van der Waals surface area contributed by atoms with Crippen LogP contribution in [-0.4, -0.2) is 21.6 Å². The third-order valence-corrected chi connectivity index (χ3v) is 3.56. The number of rotatable bonds is 1. The lowest BCUT2D eigenvalue weighted by molar-refractivity contribution is 0.0101. The molecule has 1 atom stereocenters. The maximum Gasteiger partial charge on any atom is 0.179 e. The zero-order valence-corrected chi connectivity index (χ0v) is 10.6. The molecule has 1 saturated heterocycles. The van der Waals surface area contributed by atoms with Crippen LogP contribution in [0.5, 0.6) is 0 Å². The average Bonchev–Trinajstić information content (AvgIpc) is 2.74. The number of hydrogen-bond acceptors (Lipinski definition) is 3. The van der Waals surface area contributed by atoms with Gasteiger partial charge in [0.25, 0.3) is 0 Å². The van der Waals surface area contributed by atoms with Crippen molar-refractivity contribution in [2.24, 2.45) is 0 Å². The zero-order valence-electron chi connectivity index (χ0n) is 9.04. The number of aromatic amines is 1. The molecule has 2 aromatic rings. The summed E-state index contributed by atoms with van der Waals surface area (Å²) in [5, 5.41) is 0.709. The van der Waals surface area contributed by atoms with Crippen LogP contribution in [0.2, 0.25) is 10.2 Å². The molecule has 0 aromatic carbocycles. The number of hydrogen-bond donors (Lipinski definition) is 1. The van der Waals surface area contributed by atoms with Gasteiger partial charge in [-0.25, -0.2) is 9.97 Å². The predicted molar refractivity (Wildman–Crippen MR) is 66.5 cm³/mol. The lowest BCUT2D eigenvalue weighted by Crippen LogP contribution is -2.12. The second kappa shape index (κ2) is 4.44. The minimum absolute atomic E-state index is 0.0375. The van der Waals surface area contributed by atoms with Gasteiger partial charge in [0, 0.05) is 6.61 Å². The number of nitrogens with one attached hydrogen (secondary N) is 1. The summed E-state index contributed by atoms with van der Waals surface area (Å²) in [6, 6.07) is 1.74. The van der Waals surface area contributed by atoms with E-state index >= 15 is 0 Å². The van der Waals surface area contributed by atoms with Gasteiger partial charge in [-0.15, -0.1) is 0 Å². The van der Waals surface area contributed by atoms with Crippen LogP contribution < -0.4 is 0 Å². The molecule has 0 radical (unpaired) electrons. The number of nitrogens with zero attached hydrogens (tertiary/aromatic N) is 2. The van der Waals surface area contributed by atoms with E-state index in [1.807, 2.05) is 0 Å². The third-order valence-electron chi connectivity index (χ3n) is 2.89. The molecule has 1 aliphatic heterocycles. The van der Waals surface area contributed by atoms with Gasteiger partial charge in [-0.1, -0.05) is 23.2 Å². The molecule has 0 saturated carbocycles. The van der Waals surface area contributed by atoms with Gasteiger partial charge < -0.3 is 9.72 Å². The van der Waals surface area contributed by atoms with Crippen LogP contribution in [0.3, 0.4) is 0 Å². The van der Waals surface area contributed by atoms with Crippen molar-refractivity contribution in [3.63, 3.8) is 0 Å². The fraction of sp³-hybridized carbons (Fsp3) is 0.455. The standard InChI is InChI=1S/C11H11Cl2N3O/c12-6-5-7-10(15-9(6)13)16-11(14-7)8-3-1-2-4-17-8/h5,8H,1-4H2,(H,14,15,16). The lowest BCUT2D eigenvalue weighted by Gasteiger charge is -2.20. The van der Waals surface area contributed by atoms with Crippen LogP contribution in [0.25, 0.3) is 11.2 Å². The normalized spacial score (nSPS) is 20.9. The Morgan fingerprint density at radius 1 is 1.29 bits per heavy atom. The minimum Gasteiger partial charge on any atom is -0.370 e. The Balaban J connectivity index is 2.00. The van der Waals surface area contributed by atoms with Gasteiger partial charge in [0.1, 0.15) is 17.1 Å².